The lowest BCUT2D eigenvalue weighted by molar-refractivity contribution is 0.585. The van der Waals surface area contributed by atoms with E-state index in [-0.39, 0.29) is 0 Å². The van der Waals surface area contributed by atoms with Crippen LogP contribution in [0.2, 0.25) is 0 Å². The molecule has 0 aliphatic heterocycles. The number of hydrogen-bond acceptors (Lipinski definition) is 2. The fourth-order valence-electron chi connectivity index (χ4n) is 1.84. The van der Waals surface area contributed by atoms with Crippen LogP contribution in [-0.4, -0.2) is 16.0 Å². The van der Waals surface area contributed by atoms with Crippen LogP contribution in [0.1, 0.15) is 5.56 Å². The van der Waals surface area contributed by atoms with Crippen molar-refractivity contribution in [2.45, 2.75) is 11.9 Å². The van der Waals surface area contributed by atoms with Crippen LogP contribution in [0.3, 0.4) is 0 Å². The lowest BCUT2D eigenvalue weighted by atomic mass is 10.1. The van der Waals surface area contributed by atoms with Crippen molar-refractivity contribution in [1.82, 2.24) is 9.78 Å². The van der Waals surface area contributed by atoms with Crippen LogP contribution in [-0.2, 0) is 7.05 Å². The van der Waals surface area contributed by atoms with Gasteiger partial charge < -0.3 is 0 Å². The summed E-state index contributed by atoms with van der Waals surface area (Å²) >= 11 is 1.55. The maximum atomic E-state index is 13.7. The molecule has 0 spiro atoms. The van der Waals surface area contributed by atoms with Gasteiger partial charge in [0.2, 0.25) is 0 Å². The number of benzene rings is 1. The molecule has 0 aliphatic rings. The standard InChI is InChI=1S/C12H12F2N2S/c1-7-11(15-16(2)12(7)17-3)9-5-4-8(13)6-10(9)14/h4-6H,1-3H3. The van der Waals surface area contributed by atoms with Crippen LogP contribution < -0.4 is 0 Å². The number of halogens is 2. The van der Waals surface area contributed by atoms with E-state index in [1.807, 2.05) is 20.2 Å². The van der Waals surface area contributed by atoms with Crippen molar-refractivity contribution >= 4 is 11.8 Å². The molecule has 17 heavy (non-hydrogen) atoms. The number of aromatic nitrogens is 2. The molecule has 1 aromatic heterocycles. The molecule has 1 heterocycles. The molecule has 0 saturated heterocycles. The first kappa shape index (κ1) is 12.1. The third kappa shape index (κ3) is 2.07. The van der Waals surface area contributed by atoms with Gasteiger partial charge in [-0.15, -0.1) is 11.8 Å². The Bertz CT molecular complexity index is 564. The summed E-state index contributed by atoms with van der Waals surface area (Å²) in [6, 6.07) is 3.54. The van der Waals surface area contributed by atoms with Gasteiger partial charge in [-0.2, -0.15) is 5.10 Å². The van der Waals surface area contributed by atoms with Gasteiger partial charge >= 0.3 is 0 Å². The van der Waals surface area contributed by atoms with Crippen molar-refractivity contribution in [1.29, 1.82) is 0 Å². The van der Waals surface area contributed by atoms with Crippen molar-refractivity contribution in [2.75, 3.05) is 6.26 Å². The third-order valence-electron chi connectivity index (χ3n) is 2.60. The zero-order valence-electron chi connectivity index (χ0n) is 9.79. The van der Waals surface area contributed by atoms with E-state index in [0.29, 0.717) is 11.3 Å². The van der Waals surface area contributed by atoms with Gasteiger partial charge in [0.05, 0.1) is 10.7 Å². The van der Waals surface area contributed by atoms with Crippen molar-refractivity contribution < 1.29 is 8.78 Å². The summed E-state index contributed by atoms with van der Waals surface area (Å²) in [6.07, 6.45) is 1.94. The lowest BCUT2D eigenvalue weighted by Crippen LogP contribution is -1.92. The second kappa shape index (κ2) is 4.49. The lowest BCUT2D eigenvalue weighted by Gasteiger charge is -2.01. The van der Waals surface area contributed by atoms with E-state index in [1.54, 1.807) is 16.4 Å². The quantitative estimate of drug-likeness (QED) is 0.764. The number of aryl methyl sites for hydroxylation is 1. The number of nitrogens with zero attached hydrogens (tertiary/aromatic N) is 2. The molecular formula is C12H12F2N2S. The molecule has 0 radical (unpaired) electrons. The molecule has 90 valence electrons. The first-order chi connectivity index (χ1) is 8.04. The summed E-state index contributed by atoms with van der Waals surface area (Å²) in [5.41, 5.74) is 1.81. The highest BCUT2D eigenvalue weighted by molar-refractivity contribution is 7.98. The van der Waals surface area contributed by atoms with Gasteiger partial charge in [-0.05, 0) is 25.3 Å². The van der Waals surface area contributed by atoms with Crippen LogP contribution in [0.15, 0.2) is 23.2 Å². The van der Waals surface area contributed by atoms with Crippen molar-refractivity contribution in [3.05, 3.63) is 35.4 Å². The molecule has 2 aromatic rings. The predicted octanol–water partition coefficient (Wildman–Crippen LogP) is 3.40. The molecule has 0 unspecified atom stereocenters. The zero-order valence-corrected chi connectivity index (χ0v) is 10.6. The minimum Gasteiger partial charge on any atom is -0.261 e. The summed E-state index contributed by atoms with van der Waals surface area (Å²) in [5, 5.41) is 5.25. The first-order valence-corrected chi connectivity index (χ1v) is 6.30. The average molecular weight is 254 g/mol. The highest BCUT2D eigenvalue weighted by Gasteiger charge is 2.16. The van der Waals surface area contributed by atoms with Crippen molar-refractivity contribution in [3.8, 4) is 11.3 Å². The molecule has 0 bridgehead atoms. The van der Waals surface area contributed by atoms with Crippen molar-refractivity contribution in [2.24, 2.45) is 7.05 Å². The summed E-state index contributed by atoms with van der Waals surface area (Å²) in [4.78, 5) is 0. The van der Waals surface area contributed by atoms with Crippen LogP contribution in [0.5, 0.6) is 0 Å². The largest absolute Gasteiger partial charge is 0.261 e. The minimum atomic E-state index is -0.584. The third-order valence-corrected chi connectivity index (χ3v) is 3.56. The van der Waals surface area contributed by atoms with E-state index >= 15 is 0 Å². The van der Waals surface area contributed by atoms with Gasteiger partial charge in [0.15, 0.2) is 0 Å². The van der Waals surface area contributed by atoms with E-state index < -0.39 is 11.6 Å². The Balaban J connectivity index is 2.61. The maximum absolute atomic E-state index is 13.7. The van der Waals surface area contributed by atoms with Gasteiger partial charge in [-0.25, -0.2) is 8.78 Å². The van der Waals surface area contributed by atoms with Crippen LogP contribution in [0.4, 0.5) is 8.78 Å². The Labute approximate surface area is 103 Å². The molecule has 0 atom stereocenters. The normalized spacial score (nSPS) is 10.9. The molecule has 2 rings (SSSR count). The van der Waals surface area contributed by atoms with Gasteiger partial charge in [0.1, 0.15) is 11.6 Å². The van der Waals surface area contributed by atoms with Crippen LogP contribution in [0.25, 0.3) is 11.3 Å². The van der Waals surface area contributed by atoms with E-state index in [2.05, 4.69) is 5.10 Å². The molecule has 0 amide bonds. The Morgan fingerprint density at radius 2 is 2.00 bits per heavy atom. The second-order valence-electron chi connectivity index (χ2n) is 3.73. The predicted molar refractivity (Wildman–Crippen MR) is 65.1 cm³/mol. The molecule has 0 N–H and O–H groups in total. The van der Waals surface area contributed by atoms with E-state index in [0.717, 1.165) is 16.7 Å². The summed E-state index contributed by atoms with van der Waals surface area (Å²) < 4.78 is 28.2. The average Bonchev–Trinajstić information content (AvgIpc) is 2.54. The second-order valence-corrected chi connectivity index (χ2v) is 4.53. The minimum absolute atomic E-state index is 0.333. The summed E-state index contributed by atoms with van der Waals surface area (Å²) in [5.74, 6) is -1.16. The number of hydrogen-bond donors (Lipinski definition) is 0. The van der Waals surface area contributed by atoms with E-state index in [1.165, 1.54) is 12.1 Å². The first-order valence-electron chi connectivity index (χ1n) is 5.07. The molecule has 5 heteroatoms. The van der Waals surface area contributed by atoms with Gasteiger partial charge in [-0.1, -0.05) is 0 Å². The van der Waals surface area contributed by atoms with Gasteiger partial charge in [0, 0.05) is 24.2 Å². The Kier molecular flexibility index (Phi) is 3.19. The highest BCUT2D eigenvalue weighted by Crippen LogP contribution is 2.30. The Morgan fingerprint density at radius 3 is 2.53 bits per heavy atom. The molecule has 1 aromatic carbocycles. The zero-order chi connectivity index (χ0) is 12.6. The van der Waals surface area contributed by atoms with Gasteiger partial charge in [0.25, 0.3) is 0 Å². The van der Waals surface area contributed by atoms with E-state index in [9.17, 15) is 8.78 Å². The molecule has 0 aliphatic carbocycles. The van der Waals surface area contributed by atoms with Gasteiger partial charge in [-0.3, -0.25) is 4.68 Å². The van der Waals surface area contributed by atoms with Crippen LogP contribution >= 0.6 is 11.8 Å². The molecule has 0 saturated carbocycles. The van der Waals surface area contributed by atoms with Crippen molar-refractivity contribution in [3.63, 3.8) is 0 Å². The van der Waals surface area contributed by atoms with E-state index in [4.69, 9.17) is 0 Å². The Morgan fingerprint density at radius 1 is 1.29 bits per heavy atom. The monoisotopic (exact) mass is 254 g/mol. The Hall–Kier alpha value is -1.36. The molecular weight excluding hydrogens is 242 g/mol. The SMILES string of the molecule is CSc1c(C)c(-c2ccc(F)cc2F)nn1C. The summed E-state index contributed by atoms with van der Waals surface area (Å²) in [6.45, 7) is 1.89. The summed E-state index contributed by atoms with van der Waals surface area (Å²) in [7, 11) is 1.81. The topological polar surface area (TPSA) is 17.8 Å². The molecule has 0 fully saturated rings. The fraction of sp³-hybridized carbons (Fsp3) is 0.250. The molecule has 2 nitrogen and oxygen atoms in total. The van der Waals surface area contributed by atoms with Crippen LogP contribution in [0, 0.1) is 18.6 Å². The highest BCUT2D eigenvalue weighted by atomic mass is 32.2. The number of rotatable bonds is 2. The maximum Gasteiger partial charge on any atom is 0.135 e. The fourth-order valence-corrected chi connectivity index (χ4v) is 2.54. The number of thioether (sulfide) groups is 1. The smallest absolute Gasteiger partial charge is 0.135 e.